The van der Waals surface area contributed by atoms with Crippen molar-refractivity contribution >= 4 is 22.6 Å². The molecule has 0 saturated heterocycles. The fraction of sp³-hybridized carbons (Fsp3) is 0.444. The first-order valence-corrected chi connectivity index (χ1v) is 5.63. The fourth-order valence-electron chi connectivity index (χ4n) is 1.47. The van der Waals surface area contributed by atoms with E-state index >= 15 is 0 Å². The summed E-state index contributed by atoms with van der Waals surface area (Å²) in [6.45, 7) is 0. The molecule has 1 heterocycles. The molecular weight excluding hydrogens is 212 g/mol. The molecule has 5 nitrogen and oxygen atoms in total. The number of aromatic nitrogens is 2. The Balaban J connectivity index is 1.82. The summed E-state index contributed by atoms with van der Waals surface area (Å²) in [5, 5.41) is 9.84. The zero-order valence-electron chi connectivity index (χ0n) is 8.14. The molecule has 1 aliphatic rings. The van der Waals surface area contributed by atoms with Crippen molar-refractivity contribution in [3.8, 4) is 0 Å². The summed E-state index contributed by atoms with van der Waals surface area (Å²) in [7, 11) is 0. The highest BCUT2D eigenvalue weighted by Crippen LogP contribution is 2.11. The second-order valence-corrected chi connectivity index (χ2v) is 4.13. The van der Waals surface area contributed by atoms with E-state index in [-0.39, 0.29) is 12.1 Å². The Morgan fingerprint density at radius 3 is 3.20 bits per heavy atom. The Kier molecular flexibility index (Phi) is 3.29. The van der Waals surface area contributed by atoms with E-state index in [1.807, 2.05) is 6.08 Å². The van der Waals surface area contributed by atoms with E-state index in [9.17, 15) is 4.79 Å². The maximum Gasteiger partial charge on any atom is 0.320 e. The Bertz CT molecular complexity index is 349. The van der Waals surface area contributed by atoms with Gasteiger partial charge in [0, 0.05) is 17.6 Å². The van der Waals surface area contributed by atoms with Crippen molar-refractivity contribution in [2.45, 2.75) is 25.3 Å². The summed E-state index contributed by atoms with van der Waals surface area (Å²) in [6, 6.07) is -0.0442. The van der Waals surface area contributed by atoms with E-state index in [4.69, 9.17) is 0 Å². The topological polar surface area (TPSA) is 66.9 Å². The lowest BCUT2D eigenvalue weighted by Crippen LogP contribution is -2.37. The minimum absolute atomic E-state index is 0.152. The summed E-state index contributed by atoms with van der Waals surface area (Å²) < 4.78 is 3.66. The van der Waals surface area contributed by atoms with Crippen molar-refractivity contribution in [1.29, 1.82) is 0 Å². The quantitative estimate of drug-likeness (QED) is 0.752. The average molecular weight is 224 g/mol. The second kappa shape index (κ2) is 4.88. The number of anilines is 1. The number of hydrogen-bond acceptors (Lipinski definition) is 4. The van der Waals surface area contributed by atoms with E-state index in [2.05, 4.69) is 26.3 Å². The highest BCUT2D eigenvalue weighted by molar-refractivity contribution is 7.10. The van der Waals surface area contributed by atoms with Gasteiger partial charge in [0.05, 0.1) is 6.20 Å². The summed E-state index contributed by atoms with van der Waals surface area (Å²) >= 11 is 1.16. The number of carbonyl (C=O) groups excluding carboxylic acids is 1. The molecule has 15 heavy (non-hydrogen) atoms. The molecule has 0 aliphatic heterocycles. The first-order valence-electron chi connectivity index (χ1n) is 4.86. The smallest absolute Gasteiger partial charge is 0.320 e. The van der Waals surface area contributed by atoms with Gasteiger partial charge in [0.2, 0.25) is 0 Å². The molecule has 1 unspecified atom stereocenters. The Morgan fingerprint density at radius 1 is 1.60 bits per heavy atom. The van der Waals surface area contributed by atoms with E-state index < -0.39 is 0 Å². The minimum Gasteiger partial charge on any atom is -0.332 e. The number of urea groups is 1. The van der Waals surface area contributed by atoms with Gasteiger partial charge in [-0.15, -0.1) is 5.10 Å². The second-order valence-electron chi connectivity index (χ2n) is 3.35. The number of allylic oxidation sites excluding steroid dienone is 1. The van der Waals surface area contributed by atoms with Crippen LogP contribution in [0.1, 0.15) is 19.3 Å². The predicted molar refractivity (Wildman–Crippen MR) is 58.8 cm³/mol. The summed E-state index contributed by atoms with van der Waals surface area (Å²) in [5.41, 5.74) is 0. The molecule has 2 rings (SSSR count). The molecule has 1 aromatic heterocycles. The molecule has 1 atom stereocenters. The maximum atomic E-state index is 11.5. The van der Waals surface area contributed by atoms with Gasteiger partial charge in [-0.05, 0) is 19.3 Å². The van der Waals surface area contributed by atoms with Crippen molar-refractivity contribution in [2.75, 3.05) is 5.32 Å². The van der Waals surface area contributed by atoms with Crippen LogP contribution in [-0.4, -0.2) is 21.7 Å². The lowest BCUT2D eigenvalue weighted by Gasteiger charge is -2.17. The van der Waals surface area contributed by atoms with Crippen LogP contribution in [0.25, 0.3) is 0 Å². The van der Waals surface area contributed by atoms with E-state index in [1.165, 1.54) is 6.20 Å². The van der Waals surface area contributed by atoms with Gasteiger partial charge in [0.1, 0.15) is 5.00 Å². The van der Waals surface area contributed by atoms with Crippen LogP contribution in [0.5, 0.6) is 0 Å². The zero-order valence-corrected chi connectivity index (χ0v) is 8.96. The number of nitrogens with one attached hydrogen (secondary N) is 2. The maximum absolute atomic E-state index is 11.5. The van der Waals surface area contributed by atoms with Gasteiger partial charge in [0.25, 0.3) is 0 Å². The van der Waals surface area contributed by atoms with Crippen LogP contribution in [0.2, 0.25) is 0 Å². The van der Waals surface area contributed by atoms with Crippen LogP contribution in [-0.2, 0) is 0 Å². The summed E-state index contributed by atoms with van der Waals surface area (Å²) in [6.07, 6.45) is 8.91. The fourth-order valence-corrected chi connectivity index (χ4v) is 1.89. The minimum atomic E-state index is -0.197. The van der Waals surface area contributed by atoms with E-state index in [0.717, 1.165) is 30.8 Å². The van der Waals surface area contributed by atoms with Crippen LogP contribution in [0.15, 0.2) is 18.3 Å². The van der Waals surface area contributed by atoms with Crippen LogP contribution >= 0.6 is 11.5 Å². The molecule has 0 saturated carbocycles. The van der Waals surface area contributed by atoms with Crippen LogP contribution < -0.4 is 10.6 Å². The molecule has 2 N–H and O–H groups in total. The third kappa shape index (κ3) is 3.02. The molecule has 0 spiro atoms. The standard InChI is InChI=1S/C9H12N4OS/c14-9(12-8-6-10-13-15-8)11-7-4-2-1-3-5-7/h2,4,6-7H,1,3,5H2,(H2,11,12,14). The first-order chi connectivity index (χ1) is 7.34. The Morgan fingerprint density at radius 2 is 2.53 bits per heavy atom. The molecule has 2 amide bonds. The molecule has 0 bridgehead atoms. The normalized spacial score (nSPS) is 19.9. The highest BCUT2D eigenvalue weighted by Gasteiger charge is 2.11. The molecule has 80 valence electrons. The molecule has 1 aliphatic carbocycles. The Hall–Kier alpha value is -1.43. The van der Waals surface area contributed by atoms with Crippen molar-refractivity contribution in [3.63, 3.8) is 0 Å². The van der Waals surface area contributed by atoms with Crippen LogP contribution in [0.3, 0.4) is 0 Å². The van der Waals surface area contributed by atoms with Gasteiger partial charge < -0.3 is 5.32 Å². The number of nitrogens with zero attached hydrogens (tertiary/aromatic N) is 2. The van der Waals surface area contributed by atoms with Crippen molar-refractivity contribution < 1.29 is 4.79 Å². The first kappa shape index (κ1) is 10.1. The van der Waals surface area contributed by atoms with Gasteiger partial charge >= 0.3 is 6.03 Å². The monoisotopic (exact) mass is 224 g/mol. The third-order valence-electron chi connectivity index (χ3n) is 2.17. The number of carbonyl (C=O) groups is 1. The molecule has 0 radical (unpaired) electrons. The van der Waals surface area contributed by atoms with Gasteiger partial charge in [-0.2, -0.15) is 0 Å². The molecule has 0 aromatic carbocycles. The van der Waals surface area contributed by atoms with Crippen molar-refractivity contribution in [2.24, 2.45) is 0 Å². The molecule has 0 fully saturated rings. The van der Waals surface area contributed by atoms with Gasteiger partial charge in [-0.1, -0.05) is 16.6 Å². The number of rotatable bonds is 2. The van der Waals surface area contributed by atoms with Crippen LogP contribution in [0.4, 0.5) is 9.80 Å². The predicted octanol–water partition coefficient (Wildman–Crippen LogP) is 1.77. The number of hydrogen-bond donors (Lipinski definition) is 2. The molecule has 6 heteroatoms. The highest BCUT2D eigenvalue weighted by atomic mass is 32.1. The average Bonchev–Trinajstić information content (AvgIpc) is 2.71. The third-order valence-corrected chi connectivity index (χ3v) is 2.75. The lowest BCUT2D eigenvalue weighted by atomic mass is 10.0. The van der Waals surface area contributed by atoms with E-state index in [1.54, 1.807) is 0 Å². The van der Waals surface area contributed by atoms with Crippen molar-refractivity contribution in [3.05, 3.63) is 18.3 Å². The Labute approximate surface area is 91.7 Å². The van der Waals surface area contributed by atoms with Gasteiger partial charge in [0.15, 0.2) is 0 Å². The SMILES string of the molecule is O=C(Nc1cnns1)NC1C=CCCC1. The molecule has 1 aromatic rings. The van der Waals surface area contributed by atoms with Gasteiger partial charge in [-0.3, -0.25) is 5.32 Å². The van der Waals surface area contributed by atoms with Gasteiger partial charge in [-0.25, -0.2) is 4.79 Å². The van der Waals surface area contributed by atoms with E-state index in [0.29, 0.717) is 5.00 Å². The summed E-state index contributed by atoms with van der Waals surface area (Å²) in [4.78, 5) is 11.5. The van der Waals surface area contributed by atoms with Crippen LogP contribution in [0, 0.1) is 0 Å². The number of amides is 2. The largest absolute Gasteiger partial charge is 0.332 e. The lowest BCUT2D eigenvalue weighted by molar-refractivity contribution is 0.249. The zero-order chi connectivity index (χ0) is 10.5. The molecular formula is C9H12N4OS. The van der Waals surface area contributed by atoms with Crippen molar-refractivity contribution in [1.82, 2.24) is 14.9 Å². The summed E-state index contributed by atoms with van der Waals surface area (Å²) in [5.74, 6) is 0.